The second kappa shape index (κ2) is 6.35. The van der Waals surface area contributed by atoms with Crippen molar-refractivity contribution < 1.29 is 0 Å². The van der Waals surface area contributed by atoms with E-state index >= 15 is 0 Å². The Morgan fingerprint density at radius 3 is 2.05 bits per heavy atom. The first kappa shape index (κ1) is 15.6. The molecule has 3 N–H and O–H groups in total. The molecule has 2 aromatic carbocycles. The topological polar surface area (TPSA) is 49.9 Å². The fourth-order valence-electron chi connectivity index (χ4n) is 2.00. The molecular weight excluding hydrogens is 276 g/mol. The minimum atomic E-state index is 0.118. The maximum atomic E-state index is 7.39. The van der Waals surface area contributed by atoms with E-state index in [4.69, 9.17) is 11.1 Å². The number of hydrogen-bond donors (Lipinski definition) is 2. The quantitative estimate of drug-likeness (QED) is 0.494. The van der Waals surface area contributed by atoms with Gasteiger partial charge < -0.3 is 5.73 Å². The van der Waals surface area contributed by atoms with E-state index < -0.39 is 0 Å². The molecule has 0 aromatic heterocycles. The molecule has 0 aliphatic heterocycles. The first-order valence-electron chi connectivity index (χ1n) is 7.03. The Kier molecular flexibility index (Phi) is 4.73. The van der Waals surface area contributed by atoms with Crippen LogP contribution < -0.4 is 5.73 Å². The molecule has 0 radical (unpaired) electrons. The van der Waals surface area contributed by atoms with Crippen molar-refractivity contribution in [1.29, 1.82) is 5.41 Å². The van der Waals surface area contributed by atoms with Gasteiger partial charge in [0.2, 0.25) is 0 Å². The normalized spacial score (nSPS) is 11.4. The smallest absolute Gasteiger partial charge is 0.122 e. The summed E-state index contributed by atoms with van der Waals surface area (Å²) in [6.45, 7) is 6.68. The average molecular weight is 298 g/mol. The molecule has 0 bridgehead atoms. The summed E-state index contributed by atoms with van der Waals surface area (Å²) >= 11 is 1.82. The Morgan fingerprint density at radius 2 is 1.57 bits per heavy atom. The maximum absolute atomic E-state index is 7.39. The van der Waals surface area contributed by atoms with Crippen molar-refractivity contribution in [3.8, 4) is 0 Å². The van der Waals surface area contributed by atoms with E-state index in [1.54, 1.807) is 0 Å². The van der Waals surface area contributed by atoms with E-state index in [2.05, 4.69) is 45.0 Å². The van der Waals surface area contributed by atoms with Gasteiger partial charge in [0.1, 0.15) is 5.84 Å². The third-order valence-corrected chi connectivity index (χ3v) is 4.47. The van der Waals surface area contributed by atoms with Crippen LogP contribution in [0.1, 0.15) is 37.5 Å². The van der Waals surface area contributed by atoms with E-state index in [1.807, 2.05) is 36.0 Å². The van der Waals surface area contributed by atoms with Crippen LogP contribution in [0.2, 0.25) is 0 Å². The molecule has 0 unspecified atom stereocenters. The highest BCUT2D eigenvalue weighted by atomic mass is 32.2. The molecule has 2 rings (SSSR count). The lowest BCUT2D eigenvalue weighted by Gasteiger charge is -2.19. The van der Waals surface area contributed by atoms with Crippen molar-refractivity contribution in [3.63, 3.8) is 0 Å². The van der Waals surface area contributed by atoms with Gasteiger partial charge in [-0.15, -0.1) is 11.8 Å². The van der Waals surface area contributed by atoms with Gasteiger partial charge in [0.25, 0.3) is 0 Å². The lowest BCUT2D eigenvalue weighted by Crippen LogP contribution is -2.10. The van der Waals surface area contributed by atoms with Gasteiger partial charge in [-0.05, 0) is 28.7 Å². The van der Waals surface area contributed by atoms with Crippen LogP contribution in [-0.4, -0.2) is 5.84 Å². The Hall–Kier alpha value is -1.74. The lowest BCUT2D eigenvalue weighted by molar-refractivity contribution is 0.590. The van der Waals surface area contributed by atoms with Crippen molar-refractivity contribution in [1.82, 2.24) is 0 Å². The standard InChI is InChI=1S/C18H22N2S/c1-18(2,3)15-8-10-16(11-9-15)21-12-13-4-6-14(7-5-13)17(19)20/h4-11H,12H2,1-3H3,(H3,19,20). The highest BCUT2D eigenvalue weighted by Gasteiger charge is 2.12. The Bertz CT molecular complexity index is 607. The van der Waals surface area contributed by atoms with Gasteiger partial charge in [-0.3, -0.25) is 5.41 Å². The summed E-state index contributed by atoms with van der Waals surface area (Å²) in [5.74, 6) is 1.04. The van der Waals surface area contributed by atoms with Crippen LogP contribution in [0.25, 0.3) is 0 Å². The molecule has 0 saturated heterocycles. The first-order chi connectivity index (χ1) is 9.86. The fraction of sp³-hybridized carbons (Fsp3) is 0.278. The molecule has 0 aliphatic carbocycles. The van der Waals surface area contributed by atoms with Crippen LogP contribution >= 0.6 is 11.8 Å². The van der Waals surface area contributed by atoms with Gasteiger partial charge in [-0.1, -0.05) is 57.2 Å². The third-order valence-electron chi connectivity index (χ3n) is 3.39. The zero-order valence-corrected chi connectivity index (χ0v) is 13.6. The summed E-state index contributed by atoms with van der Waals surface area (Å²) in [5, 5.41) is 7.39. The molecule has 0 spiro atoms. The maximum Gasteiger partial charge on any atom is 0.122 e. The molecule has 0 fully saturated rings. The summed E-state index contributed by atoms with van der Waals surface area (Å²) in [5.41, 5.74) is 9.03. The molecule has 0 amide bonds. The molecule has 2 nitrogen and oxygen atoms in total. The summed E-state index contributed by atoms with van der Waals surface area (Å²) in [4.78, 5) is 1.28. The molecule has 0 saturated carbocycles. The SMILES string of the molecule is CC(C)(C)c1ccc(SCc2ccc(C(=N)N)cc2)cc1. The summed E-state index contributed by atoms with van der Waals surface area (Å²) in [6.07, 6.45) is 0. The summed E-state index contributed by atoms with van der Waals surface area (Å²) in [6, 6.07) is 16.7. The van der Waals surface area contributed by atoms with Crippen LogP contribution in [0.3, 0.4) is 0 Å². The minimum absolute atomic E-state index is 0.118. The Labute approximate surface area is 131 Å². The van der Waals surface area contributed by atoms with Gasteiger partial charge in [0, 0.05) is 16.2 Å². The van der Waals surface area contributed by atoms with Gasteiger partial charge >= 0.3 is 0 Å². The van der Waals surface area contributed by atoms with Crippen LogP contribution in [0.5, 0.6) is 0 Å². The second-order valence-electron chi connectivity index (χ2n) is 6.17. The van der Waals surface area contributed by atoms with Crippen LogP contribution in [0.4, 0.5) is 0 Å². The number of thioether (sulfide) groups is 1. The average Bonchev–Trinajstić information content (AvgIpc) is 2.45. The highest BCUT2D eigenvalue weighted by molar-refractivity contribution is 7.98. The van der Waals surface area contributed by atoms with Crippen molar-refractivity contribution in [2.75, 3.05) is 0 Å². The van der Waals surface area contributed by atoms with Crippen LogP contribution in [-0.2, 0) is 11.2 Å². The van der Waals surface area contributed by atoms with Crippen molar-refractivity contribution >= 4 is 17.6 Å². The van der Waals surface area contributed by atoms with Gasteiger partial charge in [-0.2, -0.15) is 0 Å². The molecular formula is C18H22N2S. The Morgan fingerprint density at radius 1 is 1.00 bits per heavy atom. The largest absolute Gasteiger partial charge is 0.384 e. The van der Waals surface area contributed by atoms with E-state index in [1.165, 1.54) is 16.0 Å². The van der Waals surface area contributed by atoms with Gasteiger partial charge in [-0.25, -0.2) is 0 Å². The number of nitrogen functional groups attached to an aromatic ring is 1. The molecule has 0 aliphatic rings. The second-order valence-corrected chi connectivity index (χ2v) is 7.22. The predicted molar refractivity (Wildman–Crippen MR) is 92.2 cm³/mol. The van der Waals surface area contributed by atoms with E-state index in [0.717, 1.165) is 11.3 Å². The first-order valence-corrected chi connectivity index (χ1v) is 8.01. The fourth-order valence-corrected chi connectivity index (χ4v) is 2.85. The molecule has 0 heterocycles. The molecule has 3 heteroatoms. The molecule has 110 valence electrons. The highest BCUT2D eigenvalue weighted by Crippen LogP contribution is 2.27. The lowest BCUT2D eigenvalue weighted by atomic mass is 9.87. The zero-order valence-electron chi connectivity index (χ0n) is 12.8. The molecule has 0 atom stereocenters. The van der Waals surface area contributed by atoms with Crippen molar-refractivity contribution in [2.24, 2.45) is 5.73 Å². The number of benzene rings is 2. The zero-order chi connectivity index (χ0) is 15.5. The van der Waals surface area contributed by atoms with Gasteiger partial charge in [0.15, 0.2) is 0 Å². The Balaban J connectivity index is 1.98. The van der Waals surface area contributed by atoms with Gasteiger partial charge in [0.05, 0.1) is 0 Å². The van der Waals surface area contributed by atoms with Crippen LogP contribution in [0.15, 0.2) is 53.4 Å². The number of amidine groups is 1. The van der Waals surface area contributed by atoms with Crippen molar-refractivity contribution in [3.05, 3.63) is 65.2 Å². The van der Waals surface area contributed by atoms with E-state index in [-0.39, 0.29) is 11.3 Å². The number of nitrogens with two attached hydrogens (primary N) is 1. The summed E-state index contributed by atoms with van der Waals surface area (Å²) < 4.78 is 0. The minimum Gasteiger partial charge on any atom is -0.384 e. The number of hydrogen-bond acceptors (Lipinski definition) is 2. The number of nitrogens with one attached hydrogen (secondary N) is 1. The summed E-state index contributed by atoms with van der Waals surface area (Å²) in [7, 11) is 0. The van der Waals surface area contributed by atoms with E-state index in [0.29, 0.717) is 0 Å². The van der Waals surface area contributed by atoms with E-state index in [9.17, 15) is 0 Å². The van der Waals surface area contributed by atoms with Crippen LogP contribution in [0, 0.1) is 5.41 Å². The predicted octanol–water partition coefficient (Wildman–Crippen LogP) is 4.56. The third kappa shape index (κ3) is 4.36. The monoisotopic (exact) mass is 298 g/mol. The molecule has 2 aromatic rings. The molecule has 21 heavy (non-hydrogen) atoms. The number of rotatable bonds is 4. The van der Waals surface area contributed by atoms with Crippen molar-refractivity contribution in [2.45, 2.75) is 36.8 Å².